The number of hydrogen-bond donors (Lipinski definition) is 1. The summed E-state index contributed by atoms with van der Waals surface area (Å²) in [7, 11) is 0. The predicted molar refractivity (Wildman–Crippen MR) is 80.3 cm³/mol. The average Bonchev–Trinajstić information content (AvgIpc) is 2.73. The molecule has 108 valence electrons. The first kappa shape index (κ1) is 15.1. The Kier molecular flexibility index (Phi) is 4.89. The summed E-state index contributed by atoms with van der Waals surface area (Å²) in [6.07, 6.45) is 0.913. The highest BCUT2D eigenvalue weighted by Gasteiger charge is 2.23. The summed E-state index contributed by atoms with van der Waals surface area (Å²) in [5, 5.41) is 3.25. The second-order valence-corrected chi connectivity index (χ2v) is 6.20. The first-order valence-electron chi connectivity index (χ1n) is 6.78. The third-order valence-electron chi connectivity index (χ3n) is 3.36. The van der Waals surface area contributed by atoms with E-state index in [9.17, 15) is 8.78 Å². The van der Waals surface area contributed by atoms with Crippen molar-refractivity contribution in [2.45, 2.75) is 33.2 Å². The Morgan fingerprint density at radius 2 is 1.85 bits per heavy atom. The fourth-order valence-electron chi connectivity index (χ4n) is 2.16. The zero-order valence-electron chi connectivity index (χ0n) is 12.0. The fourth-order valence-corrected chi connectivity index (χ4v) is 3.29. The molecule has 0 fully saturated rings. The molecule has 4 heteroatoms. The first-order chi connectivity index (χ1) is 9.54. The summed E-state index contributed by atoms with van der Waals surface area (Å²) in [6, 6.07) is 5.61. The van der Waals surface area contributed by atoms with E-state index in [1.165, 1.54) is 23.1 Å². The van der Waals surface area contributed by atoms with Gasteiger partial charge in [-0.05, 0) is 50.6 Å². The van der Waals surface area contributed by atoms with Crippen molar-refractivity contribution in [1.82, 2.24) is 5.32 Å². The van der Waals surface area contributed by atoms with Crippen molar-refractivity contribution in [2.75, 3.05) is 6.54 Å². The number of thiophene rings is 1. The van der Waals surface area contributed by atoms with Gasteiger partial charge in [-0.15, -0.1) is 11.3 Å². The normalized spacial score (nSPS) is 12.7. The van der Waals surface area contributed by atoms with Crippen LogP contribution in [-0.4, -0.2) is 6.54 Å². The minimum absolute atomic E-state index is 0.113. The van der Waals surface area contributed by atoms with Crippen LogP contribution in [0, 0.1) is 25.5 Å². The molecule has 0 saturated heterocycles. The van der Waals surface area contributed by atoms with Gasteiger partial charge in [0.25, 0.3) is 0 Å². The Bertz CT molecular complexity index is 552. The number of benzene rings is 1. The molecule has 1 aromatic carbocycles. The van der Waals surface area contributed by atoms with Crippen LogP contribution in [0.1, 0.15) is 40.3 Å². The zero-order chi connectivity index (χ0) is 14.7. The smallest absolute Gasteiger partial charge is 0.131 e. The molecule has 1 heterocycles. The molecule has 0 aliphatic heterocycles. The molecule has 1 aromatic heterocycles. The summed E-state index contributed by atoms with van der Waals surface area (Å²) in [5.41, 5.74) is 1.27. The van der Waals surface area contributed by atoms with E-state index in [1.54, 1.807) is 11.3 Å². The first-order valence-corrected chi connectivity index (χ1v) is 7.60. The lowest BCUT2D eigenvalue weighted by atomic mass is 10.0. The minimum Gasteiger partial charge on any atom is -0.305 e. The maximum atomic E-state index is 14.0. The Morgan fingerprint density at radius 1 is 1.20 bits per heavy atom. The summed E-state index contributed by atoms with van der Waals surface area (Å²) >= 11 is 1.59. The average molecular weight is 295 g/mol. The third kappa shape index (κ3) is 3.07. The molecule has 1 atom stereocenters. The highest BCUT2D eigenvalue weighted by Crippen LogP contribution is 2.33. The van der Waals surface area contributed by atoms with Gasteiger partial charge in [0.15, 0.2) is 0 Å². The van der Waals surface area contributed by atoms with E-state index in [0.29, 0.717) is 6.54 Å². The van der Waals surface area contributed by atoms with E-state index >= 15 is 0 Å². The van der Waals surface area contributed by atoms with E-state index in [4.69, 9.17) is 0 Å². The van der Waals surface area contributed by atoms with Gasteiger partial charge in [-0.25, -0.2) is 8.78 Å². The molecule has 0 spiro atoms. The third-order valence-corrected chi connectivity index (χ3v) is 4.57. The van der Waals surface area contributed by atoms with Crippen molar-refractivity contribution in [3.8, 4) is 0 Å². The van der Waals surface area contributed by atoms with Gasteiger partial charge >= 0.3 is 0 Å². The zero-order valence-corrected chi connectivity index (χ0v) is 12.8. The second kappa shape index (κ2) is 6.46. The van der Waals surface area contributed by atoms with Crippen molar-refractivity contribution in [1.29, 1.82) is 0 Å². The van der Waals surface area contributed by atoms with Crippen molar-refractivity contribution in [2.24, 2.45) is 0 Å². The van der Waals surface area contributed by atoms with Crippen molar-refractivity contribution >= 4 is 11.3 Å². The number of hydrogen-bond acceptors (Lipinski definition) is 2. The van der Waals surface area contributed by atoms with Crippen LogP contribution in [0.15, 0.2) is 24.3 Å². The van der Waals surface area contributed by atoms with Crippen LogP contribution in [0.4, 0.5) is 8.78 Å². The predicted octanol–water partition coefficient (Wildman–Crippen LogP) is 4.73. The fraction of sp³-hybridized carbons (Fsp3) is 0.375. The molecule has 2 aromatic rings. The van der Waals surface area contributed by atoms with Crippen LogP contribution < -0.4 is 5.32 Å². The highest BCUT2D eigenvalue weighted by molar-refractivity contribution is 7.12. The monoisotopic (exact) mass is 295 g/mol. The lowest BCUT2D eigenvalue weighted by Crippen LogP contribution is -2.24. The summed E-state index contributed by atoms with van der Waals surface area (Å²) in [6.45, 7) is 6.79. The van der Waals surface area contributed by atoms with E-state index in [-0.39, 0.29) is 5.56 Å². The Labute approximate surface area is 122 Å². The lowest BCUT2D eigenvalue weighted by molar-refractivity contribution is 0.506. The van der Waals surface area contributed by atoms with Crippen LogP contribution in [-0.2, 0) is 0 Å². The molecule has 0 aliphatic rings. The van der Waals surface area contributed by atoms with Crippen LogP contribution in [0.2, 0.25) is 0 Å². The van der Waals surface area contributed by atoms with Gasteiger partial charge in [-0.2, -0.15) is 0 Å². The van der Waals surface area contributed by atoms with E-state index in [0.717, 1.165) is 16.9 Å². The second-order valence-electron chi connectivity index (χ2n) is 4.91. The van der Waals surface area contributed by atoms with Gasteiger partial charge in [0.1, 0.15) is 11.6 Å². The molecule has 20 heavy (non-hydrogen) atoms. The summed E-state index contributed by atoms with van der Waals surface area (Å²) in [5.74, 6) is -0.996. The molecule has 0 saturated carbocycles. The molecule has 1 nitrogen and oxygen atoms in total. The van der Waals surface area contributed by atoms with Crippen LogP contribution in [0.3, 0.4) is 0 Å². The topological polar surface area (TPSA) is 12.0 Å². The van der Waals surface area contributed by atoms with E-state index in [1.807, 2.05) is 26.8 Å². The molecule has 2 rings (SSSR count). The molecule has 1 unspecified atom stereocenters. The summed E-state index contributed by atoms with van der Waals surface area (Å²) in [4.78, 5) is 2.14. The molecule has 0 amide bonds. The van der Waals surface area contributed by atoms with Gasteiger partial charge in [0.05, 0.1) is 6.04 Å². The number of rotatable bonds is 5. The standard InChI is InChI=1S/C16H19F2NS/c1-4-8-19-16(14-9-10(2)11(3)20-14)15-12(17)6-5-7-13(15)18/h5-7,9,16,19H,4,8H2,1-3H3. The van der Waals surface area contributed by atoms with E-state index in [2.05, 4.69) is 5.32 Å². The molecular formula is C16H19F2NS. The number of halogens is 2. The van der Waals surface area contributed by atoms with E-state index < -0.39 is 17.7 Å². The van der Waals surface area contributed by atoms with Gasteiger partial charge in [-0.1, -0.05) is 13.0 Å². The Hall–Kier alpha value is -1.26. The molecular weight excluding hydrogens is 276 g/mol. The van der Waals surface area contributed by atoms with Crippen LogP contribution in [0.25, 0.3) is 0 Å². The molecule has 1 N–H and O–H groups in total. The molecule has 0 bridgehead atoms. The Morgan fingerprint density at radius 3 is 2.35 bits per heavy atom. The lowest BCUT2D eigenvalue weighted by Gasteiger charge is -2.19. The van der Waals surface area contributed by atoms with Crippen molar-refractivity contribution in [3.63, 3.8) is 0 Å². The van der Waals surface area contributed by atoms with Crippen molar-refractivity contribution < 1.29 is 8.78 Å². The largest absolute Gasteiger partial charge is 0.305 e. The van der Waals surface area contributed by atoms with Gasteiger partial charge in [0, 0.05) is 15.3 Å². The van der Waals surface area contributed by atoms with Gasteiger partial charge in [-0.3, -0.25) is 0 Å². The maximum Gasteiger partial charge on any atom is 0.131 e. The molecule has 0 radical (unpaired) electrons. The number of aryl methyl sites for hydroxylation is 2. The Balaban J connectivity index is 2.47. The maximum absolute atomic E-state index is 14.0. The van der Waals surface area contributed by atoms with Crippen molar-refractivity contribution in [3.05, 3.63) is 56.8 Å². The van der Waals surface area contributed by atoms with Gasteiger partial charge < -0.3 is 5.32 Å². The SMILES string of the molecule is CCCNC(c1cc(C)c(C)s1)c1c(F)cccc1F. The summed E-state index contributed by atoms with van der Waals surface area (Å²) < 4.78 is 28.1. The van der Waals surface area contributed by atoms with Crippen LogP contribution >= 0.6 is 11.3 Å². The number of nitrogens with one attached hydrogen (secondary N) is 1. The quantitative estimate of drug-likeness (QED) is 0.840. The van der Waals surface area contributed by atoms with Gasteiger partial charge in [0.2, 0.25) is 0 Å². The molecule has 0 aliphatic carbocycles. The van der Waals surface area contributed by atoms with Crippen LogP contribution in [0.5, 0.6) is 0 Å². The highest BCUT2D eigenvalue weighted by atomic mass is 32.1. The minimum atomic E-state index is -0.498.